The number of nitrogens with zero attached hydrogens (tertiary/aromatic N) is 2. The maximum atomic E-state index is 9.50. The topological polar surface area (TPSA) is 23.6 Å². The monoisotopic (exact) mass is 312 g/mol. The van der Waals surface area contributed by atoms with Gasteiger partial charge in [0.1, 0.15) is 6.29 Å². The second-order valence-corrected chi connectivity index (χ2v) is 7.78. The fourth-order valence-corrected chi connectivity index (χ4v) is 2.81. The van der Waals surface area contributed by atoms with Gasteiger partial charge in [0.2, 0.25) is 0 Å². The standard InChI is InChI=1S/C15H32N2.C4H8O/c1-13(2)8-6-7-11-16(4)12-15-10-9-14(3)17(15)5;1-4(2)3-5/h13-15H,6-12H2,1-5H3;3-4H,1-2H3/t14-,15-;/m1./s1. The Morgan fingerprint density at radius 2 is 1.77 bits per heavy atom. The predicted molar refractivity (Wildman–Crippen MR) is 97.3 cm³/mol. The van der Waals surface area contributed by atoms with Crippen LogP contribution in [0.3, 0.4) is 0 Å². The third-order valence-corrected chi connectivity index (χ3v) is 4.55. The number of hydrogen-bond acceptors (Lipinski definition) is 3. The predicted octanol–water partition coefficient (Wildman–Crippen LogP) is 4.07. The Balaban J connectivity index is 0.000000763. The van der Waals surface area contributed by atoms with Crippen molar-refractivity contribution in [2.24, 2.45) is 11.8 Å². The molecule has 2 atom stereocenters. The van der Waals surface area contributed by atoms with E-state index in [0.717, 1.165) is 24.3 Å². The van der Waals surface area contributed by atoms with E-state index < -0.39 is 0 Å². The van der Waals surface area contributed by atoms with E-state index in [-0.39, 0.29) is 5.92 Å². The maximum Gasteiger partial charge on any atom is 0.122 e. The Hall–Kier alpha value is -0.410. The Kier molecular flexibility index (Phi) is 11.8. The minimum atomic E-state index is 0.204. The number of likely N-dealkylation sites (N-methyl/N-ethyl adjacent to an activating group) is 2. The second-order valence-electron chi connectivity index (χ2n) is 7.78. The second kappa shape index (κ2) is 12.1. The molecule has 22 heavy (non-hydrogen) atoms. The van der Waals surface area contributed by atoms with Crippen molar-refractivity contribution in [3.63, 3.8) is 0 Å². The number of rotatable bonds is 8. The van der Waals surface area contributed by atoms with Gasteiger partial charge in [-0.25, -0.2) is 0 Å². The molecular formula is C19H40N2O. The summed E-state index contributed by atoms with van der Waals surface area (Å²) in [4.78, 5) is 14.6. The van der Waals surface area contributed by atoms with Crippen LogP contribution in [-0.2, 0) is 4.79 Å². The summed E-state index contributed by atoms with van der Waals surface area (Å²) < 4.78 is 0. The number of likely N-dealkylation sites (tertiary alicyclic amines) is 1. The first kappa shape index (κ1) is 21.6. The zero-order valence-electron chi connectivity index (χ0n) is 16.1. The normalized spacial score (nSPS) is 22.3. The van der Waals surface area contributed by atoms with Gasteiger partial charge in [0.25, 0.3) is 0 Å². The summed E-state index contributed by atoms with van der Waals surface area (Å²) in [6.07, 6.45) is 7.81. The lowest BCUT2D eigenvalue weighted by atomic mass is 10.1. The van der Waals surface area contributed by atoms with Gasteiger partial charge in [-0.2, -0.15) is 0 Å². The average molecular weight is 313 g/mol. The molecule has 0 aromatic heterocycles. The van der Waals surface area contributed by atoms with Crippen molar-refractivity contribution in [1.82, 2.24) is 9.80 Å². The van der Waals surface area contributed by atoms with Crippen LogP contribution >= 0.6 is 0 Å². The van der Waals surface area contributed by atoms with Crippen LogP contribution in [0.25, 0.3) is 0 Å². The van der Waals surface area contributed by atoms with E-state index in [0.29, 0.717) is 0 Å². The molecule has 0 spiro atoms. The van der Waals surface area contributed by atoms with Gasteiger partial charge in [0, 0.05) is 24.5 Å². The first-order chi connectivity index (χ1) is 10.3. The third kappa shape index (κ3) is 10.3. The first-order valence-corrected chi connectivity index (χ1v) is 9.13. The molecule has 0 radical (unpaired) electrons. The summed E-state index contributed by atoms with van der Waals surface area (Å²) in [5.41, 5.74) is 0. The summed E-state index contributed by atoms with van der Waals surface area (Å²) in [7, 11) is 4.57. The van der Waals surface area contributed by atoms with Crippen LogP contribution in [-0.4, -0.2) is 55.4 Å². The molecular weight excluding hydrogens is 272 g/mol. The summed E-state index contributed by atoms with van der Waals surface area (Å²) in [6.45, 7) is 13.2. The largest absolute Gasteiger partial charge is 0.305 e. The minimum Gasteiger partial charge on any atom is -0.305 e. The Morgan fingerprint density at radius 3 is 2.18 bits per heavy atom. The summed E-state index contributed by atoms with van der Waals surface area (Å²) in [5.74, 6) is 1.07. The average Bonchev–Trinajstić information content (AvgIpc) is 2.76. The van der Waals surface area contributed by atoms with Gasteiger partial charge in [0.05, 0.1) is 0 Å². The zero-order chi connectivity index (χ0) is 17.1. The van der Waals surface area contributed by atoms with E-state index in [1.54, 1.807) is 0 Å². The zero-order valence-corrected chi connectivity index (χ0v) is 16.1. The van der Waals surface area contributed by atoms with Gasteiger partial charge in [-0.15, -0.1) is 0 Å². The fourth-order valence-electron chi connectivity index (χ4n) is 2.81. The fraction of sp³-hybridized carbons (Fsp3) is 0.947. The highest BCUT2D eigenvalue weighted by molar-refractivity contribution is 5.51. The quantitative estimate of drug-likeness (QED) is 0.498. The van der Waals surface area contributed by atoms with E-state index >= 15 is 0 Å². The highest BCUT2D eigenvalue weighted by atomic mass is 16.1. The van der Waals surface area contributed by atoms with Crippen molar-refractivity contribution >= 4 is 6.29 Å². The molecule has 0 aromatic rings. The number of carbonyl (C=O) groups is 1. The van der Waals surface area contributed by atoms with Crippen molar-refractivity contribution in [2.75, 3.05) is 27.2 Å². The van der Waals surface area contributed by atoms with Crippen molar-refractivity contribution in [1.29, 1.82) is 0 Å². The van der Waals surface area contributed by atoms with Gasteiger partial charge in [-0.3, -0.25) is 4.90 Å². The van der Waals surface area contributed by atoms with Crippen molar-refractivity contribution in [2.45, 2.75) is 78.8 Å². The molecule has 1 rings (SSSR count). The van der Waals surface area contributed by atoms with Crippen LogP contribution in [0.4, 0.5) is 0 Å². The molecule has 1 fully saturated rings. The first-order valence-electron chi connectivity index (χ1n) is 9.13. The lowest BCUT2D eigenvalue weighted by Crippen LogP contribution is -2.39. The van der Waals surface area contributed by atoms with Crippen LogP contribution in [0.2, 0.25) is 0 Å². The molecule has 3 nitrogen and oxygen atoms in total. The Bertz CT molecular complexity index is 279. The molecule has 0 aromatic carbocycles. The van der Waals surface area contributed by atoms with Crippen LogP contribution in [0.1, 0.15) is 66.7 Å². The summed E-state index contributed by atoms with van der Waals surface area (Å²) in [6, 6.07) is 1.58. The lowest BCUT2D eigenvalue weighted by molar-refractivity contribution is -0.110. The molecule has 0 unspecified atom stereocenters. The van der Waals surface area contributed by atoms with E-state index in [2.05, 4.69) is 44.7 Å². The highest BCUT2D eigenvalue weighted by Gasteiger charge is 2.27. The van der Waals surface area contributed by atoms with Gasteiger partial charge in [-0.05, 0) is 52.7 Å². The van der Waals surface area contributed by atoms with Crippen molar-refractivity contribution in [3.8, 4) is 0 Å². The number of unbranched alkanes of at least 4 members (excludes halogenated alkanes) is 1. The smallest absolute Gasteiger partial charge is 0.122 e. The van der Waals surface area contributed by atoms with Crippen LogP contribution in [0.15, 0.2) is 0 Å². The molecule has 1 saturated heterocycles. The lowest BCUT2D eigenvalue weighted by Gasteiger charge is -2.28. The summed E-state index contributed by atoms with van der Waals surface area (Å²) >= 11 is 0. The SMILES string of the molecule is CC(C)C=O.CC(C)CCCCN(C)C[C@H]1CC[C@@H](C)N1C. The van der Waals surface area contributed by atoms with Gasteiger partial charge in [-0.1, -0.05) is 40.5 Å². The van der Waals surface area contributed by atoms with E-state index in [9.17, 15) is 4.79 Å². The molecule has 1 aliphatic heterocycles. The van der Waals surface area contributed by atoms with Gasteiger partial charge in [0.15, 0.2) is 0 Å². The van der Waals surface area contributed by atoms with Crippen LogP contribution < -0.4 is 0 Å². The Morgan fingerprint density at radius 1 is 1.18 bits per heavy atom. The molecule has 0 amide bonds. The van der Waals surface area contributed by atoms with E-state index in [4.69, 9.17) is 0 Å². The van der Waals surface area contributed by atoms with Gasteiger partial charge >= 0.3 is 0 Å². The van der Waals surface area contributed by atoms with Crippen LogP contribution in [0, 0.1) is 11.8 Å². The van der Waals surface area contributed by atoms with Crippen molar-refractivity contribution in [3.05, 3.63) is 0 Å². The molecule has 3 heteroatoms. The molecule has 0 aliphatic carbocycles. The van der Waals surface area contributed by atoms with E-state index in [1.165, 1.54) is 45.2 Å². The maximum absolute atomic E-state index is 9.50. The number of hydrogen-bond donors (Lipinski definition) is 0. The Labute approximate surface area is 139 Å². The molecule has 0 saturated carbocycles. The number of aldehydes is 1. The molecule has 0 bridgehead atoms. The van der Waals surface area contributed by atoms with E-state index in [1.807, 2.05) is 13.8 Å². The number of carbonyl (C=O) groups excluding carboxylic acids is 1. The van der Waals surface area contributed by atoms with Crippen molar-refractivity contribution < 1.29 is 4.79 Å². The van der Waals surface area contributed by atoms with Crippen LogP contribution in [0.5, 0.6) is 0 Å². The molecule has 132 valence electrons. The highest BCUT2D eigenvalue weighted by Crippen LogP contribution is 2.22. The molecule has 0 N–H and O–H groups in total. The third-order valence-electron chi connectivity index (χ3n) is 4.55. The summed E-state index contributed by atoms with van der Waals surface area (Å²) in [5, 5.41) is 0. The molecule has 1 aliphatic rings. The van der Waals surface area contributed by atoms with Gasteiger partial charge < -0.3 is 9.69 Å². The molecule has 1 heterocycles. The minimum absolute atomic E-state index is 0.204.